The van der Waals surface area contributed by atoms with Crippen LogP contribution in [0.15, 0.2) is 4.34 Å². The van der Waals surface area contributed by atoms with Crippen molar-refractivity contribution < 1.29 is 18.0 Å². The summed E-state index contributed by atoms with van der Waals surface area (Å²) in [6, 6.07) is 0. The first kappa shape index (κ1) is 20.3. The Morgan fingerprint density at radius 3 is 2.26 bits per heavy atom. The van der Waals surface area contributed by atoms with Crippen LogP contribution in [-0.2, 0) is 14.8 Å². The predicted molar refractivity (Wildman–Crippen MR) is 93.7 cm³/mol. The second kappa shape index (κ2) is 8.91. The Morgan fingerprint density at radius 2 is 1.78 bits per heavy atom. The van der Waals surface area contributed by atoms with Gasteiger partial charge < -0.3 is 0 Å². The molecule has 0 atom stereocenters. The van der Waals surface area contributed by atoms with Crippen LogP contribution in [0.5, 0.6) is 0 Å². The van der Waals surface area contributed by atoms with E-state index in [0.717, 1.165) is 23.1 Å². The predicted octanol–water partition coefficient (Wildman–Crippen LogP) is 2.72. The molecule has 0 aromatic carbocycles. The molecule has 1 heterocycles. The lowest BCUT2D eigenvalue weighted by molar-refractivity contribution is -0.109. The summed E-state index contributed by atoms with van der Waals surface area (Å²) in [4.78, 5) is 27.5. The van der Waals surface area contributed by atoms with Crippen molar-refractivity contribution in [3.05, 3.63) is 10.6 Å². The third-order valence-corrected chi connectivity index (χ3v) is 7.21. The molecular formula is C14H22N2O4S3. The smallest absolute Gasteiger partial charge is 0.270 e. The van der Waals surface area contributed by atoms with Gasteiger partial charge in [0.1, 0.15) is 0 Å². The van der Waals surface area contributed by atoms with E-state index < -0.39 is 10.0 Å². The van der Waals surface area contributed by atoms with Crippen molar-refractivity contribution in [3.8, 4) is 0 Å². The van der Waals surface area contributed by atoms with Crippen LogP contribution in [0.2, 0.25) is 0 Å². The fraction of sp³-hybridized carbons (Fsp3) is 0.643. The number of thioether (sulfide) groups is 1. The first-order valence-corrected chi connectivity index (χ1v) is 10.6. The molecule has 0 aliphatic rings. The number of sulfonamides is 1. The molecule has 0 aliphatic heterocycles. The van der Waals surface area contributed by atoms with Crippen molar-refractivity contribution in [2.45, 2.75) is 44.9 Å². The van der Waals surface area contributed by atoms with Gasteiger partial charge in [-0.3, -0.25) is 9.59 Å². The highest BCUT2D eigenvalue weighted by Crippen LogP contribution is 2.26. The fourth-order valence-corrected chi connectivity index (χ4v) is 5.55. The lowest BCUT2D eigenvalue weighted by atomic mass is 10.3. The molecule has 0 amide bonds. The number of hydrogen-bond acceptors (Lipinski definition) is 7. The molecule has 130 valence electrons. The first-order valence-electron chi connectivity index (χ1n) is 7.38. The second-order valence-electron chi connectivity index (χ2n) is 5.00. The number of ketones is 1. The van der Waals surface area contributed by atoms with Crippen molar-refractivity contribution in [1.29, 1.82) is 0 Å². The van der Waals surface area contributed by atoms with Gasteiger partial charge >= 0.3 is 0 Å². The molecular weight excluding hydrogens is 356 g/mol. The average Bonchev–Trinajstić information content (AvgIpc) is 2.87. The van der Waals surface area contributed by atoms with Gasteiger partial charge in [-0.1, -0.05) is 36.9 Å². The zero-order chi connectivity index (χ0) is 17.6. The monoisotopic (exact) mass is 378 g/mol. The minimum atomic E-state index is -3.68. The van der Waals surface area contributed by atoms with E-state index in [2.05, 4.69) is 4.98 Å². The second-order valence-corrected chi connectivity index (χ2v) is 9.26. The van der Waals surface area contributed by atoms with Crippen LogP contribution < -0.4 is 0 Å². The van der Waals surface area contributed by atoms with Gasteiger partial charge in [0.2, 0.25) is 4.34 Å². The van der Waals surface area contributed by atoms with E-state index in [0.29, 0.717) is 36.5 Å². The summed E-state index contributed by atoms with van der Waals surface area (Å²) in [5.74, 6) is -0.259. The lowest BCUT2D eigenvalue weighted by Gasteiger charge is -2.19. The Bertz CT molecular complexity index is 662. The summed E-state index contributed by atoms with van der Waals surface area (Å²) in [6.07, 6.45) is 1.43. The molecule has 23 heavy (non-hydrogen) atoms. The summed E-state index contributed by atoms with van der Waals surface area (Å²) in [5, 5.41) is -0.148. The maximum Gasteiger partial charge on any atom is 0.270 e. The summed E-state index contributed by atoms with van der Waals surface area (Å²) >= 11 is 1.80. The van der Waals surface area contributed by atoms with E-state index in [4.69, 9.17) is 0 Å². The van der Waals surface area contributed by atoms with Crippen molar-refractivity contribution in [3.63, 3.8) is 0 Å². The molecule has 0 unspecified atom stereocenters. The largest absolute Gasteiger partial charge is 0.292 e. The topological polar surface area (TPSA) is 84.4 Å². The molecule has 9 heteroatoms. The summed E-state index contributed by atoms with van der Waals surface area (Å²) < 4.78 is 26.7. The van der Waals surface area contributed by atoms with Gasteiger partial charge in [-0.05, 0) is 19.8 Å². The number of carbonyl (C=O) groups is 2. The standard InChI is InChI=1S/C14H22N2O4S3/c1-5-7-16(8-6-2)23(19,20)14-15-10(3)13(22-14)12(18)9-21-11(4)17/h5-9H2,1-4H3. The Morgan fingerprint density at radius 1 is 1.22 bits per heavy atom. The normalized spacial score (nSPS) is 11.9. The maximum absolute atomic E-state index is 12.7. The third-order valence-electron chi connectivity index (χ3n) is 2.94. The van der Waals surface area contributed by atoms with Crippen molar-refractivity contribution in [2.75, 3.05) is 18.8 Å². The van der Waals surface area contributed by atoms with Gasteiger partial charge in [0.25, 0.3) is 10.0 Å². The number of rotatable bonds is 9. The highest BCUT2D eigenvalue weighted by Gasteiger charge is 2.29. The van der Waals surface area contributed by atoms with Crippen molar-refractivity contribution in [1.82, 2.24) is 9.29 Å². The lowest BCUT2D eigenvalue weighted by Crippen LogP contribution is -2.32. The van der Waals surface area contributed by atoms with Crippen LogP contribution in [0, 0.1) is 6.92 Å². The van der Waals surface area contributed by atoms with Gasteiger partial charge in [-0.15, -0.1) is 0 Å². The molecule has 0 aliphatic carbocycles. The molecule has 1 aromatic heterocycles. The Kier molecular flexibility index (Phi) is 7.85. The number of Topliss-reactive ketones (excluding diaryl/α,β-unsaturated/α-hetero) is 1. The van der Waals surface area contributed by atoms with Crippen molar-refractivity contribution >= 4 is 44.0 Å². The number of carbonyl (C=O) groups excluding carboxylic acids is 2. The average molecular weight is 379 g/mol. The van der Waals surface area contributed by atoms with Crippen LogP contribution in [-0.4, -0.2) is 47.4 Å². The Balaban J connectivity index is 3.07. The van der Waals surface area contributed by atoms with E-state index in [1.165, 1.54) is 11.2 Å². The molecule has 0 spiro atoms. The van der Waals surface area contributed by atoms with Crippen LogP contribution in [0.4, 0.5) is 0 Å². The van der Waals surface area contributed by atoms with Gasteiger partial charge in [0, 0.05) is 20.0 Å². The van der Waals surface area contributed by atoms with Crippen LogP contribution in [0.3, 0.4) is 0 Å². The van der Waals surface area contributed by atoms with Gasteiger partial charge in [-0.25, -0.2) is 13.4 Å². The highest BCUT2D eigenvalue weighted by atomic mass is 32.2. The van der Waals surface area contributed by atoms with E-state index in [-0.39, 0.29) is 21.0 Å². The Labute approximate surface area is 145 Å². The molecule has 6 nitrogen and oxygen atoms in total. The van der Waals surface area contributed by atoms with Crippen LogP contribution in [0.1, 0.15) is 49.0 Å². The number of hydrogen-bond donors (Lipinski definition) is 0. The van der Waals surface area contributed by atoms with Gasteiger partial charge in [0.15, 0.2) is 10.9 Å². The molecule has 0 saturated heterocycles. The van der Waals surface area contributed by atoms with E-state index in [1.807, 2.05) is 13.8 Å². The zero-order valence-electron chi connectivity index (χ0n) is 13.8. The molecule has 0 saturated carbocycles. The number of thiazole rings is 1. The fourth-order valence-electron chi connectivity index (χ4n) is 1.93. The summed E-state index contributed by atoms with van der Waals surface area (Å²) in [7, 11) is -3.68. The third kappa shape index (κ3) is 5.37. The maximum atomic E-state index is 12.7. The van der Waals surface area contributed by atoms with Gasteiger partial charge in [0.05, 0.1) is 16.3 Å². The summed E-state index contributed by atoms with van der Waals surface area (Å²) in [6.45, 7) is 7.70. The molecule has 0 fully saturated rings. The van der Waals surface area contributed by atoms with Gasteiger partial charge in [-0.2, -0.15) is 4.31 Å². The van der Waals surface area contributed by atoms with Crippen molar-refractivity contribution in [2.24, 2.45) is 0 Å². The van der Waals surface area contributed by atoms with E-state index in [1.54, 1.807) is 6.92 Å². The highest BCUT2D eigenvalue weighted by molar-refractivity contribution is 8.14. The molecule has 1 rings (SSSR count). The minimum Gasteiger partial charge on any atom is -0.292 e. The van der Waals surface area contributed by atoms with E-state index in [9.17, 15) is 18.0 Å². The van der Waals surface area contributed by atoms with Crippen LogP contribution >= 0.6 is 23.1 Å². The van der Waals surface area contributed by atoms with E-state index >= 15 is 0 Å². The quantitative estimate of drug-likeness (QED) is 0.614. The summed E-state index contributed by atoms with van der Waals surface area (Å²) in [5.41, 5.74) is 0.399. The number of aromatic nitrogens is 1. The molecule has 0 bridgehead atoms. The zero-order valence-corrected chi connectivity index (χ0v) is 16.2. The molecule has 0 N–H and O–H groups in total. The van der Waals surface area contributed by atoms with Crippen LogP contribution in [0.25, 0.3) is 0 Å². The number of nitrogens with zero attached hydrogens (tertiary/aromatic N) is 2. The molecule has 1 aromatic rings. The SMILES string of the molecule is CCCN(CCC)S(=O)(=O)c1nc(C)c(C(=O)CSC(C)=O)s1. The number of aryl methyl sites for hydroxylation is 1. The minimum absolute atomic E-state index is 0.00545. The Hall–Kier alpha value is -0.770. The molecule has 0 radical (unpaired) electrons. The first-order chi connectivity index (χ1) is 10.7.